The minimum absolute atomic E-state index is 0.0842. The van der Waals surface area contributed by atoms with Crippen LogP contribution < -0.4 is 5.32 Å². The summed E-state index contributed by atoms with van der Waals surface area (Å²) in [4.78, 5) is 14.8. The van der Waals surface area contributed by atoms with E-state index in [1.54, 1.807) is 6.08 Å². The highest BCUT2D eigenvalue weighted by Gasteiger charge is 2.12. The molecular formula is C25H26N2O2. The fourth-order valence-corrected chi connectivity index (χ4v) is 3.69. The fraction of sp³-hybridized carbons (Fsp3) is 0.240. The number of hydrogen-bond acceptors (Lipinski definition) is 3. The Hall–Kier alpha value is -2.95. The molecular weight excluding hydrogens is 360 g/mol. The zero-order chi connectivity index (χ0) is 19.9. The van der Waals surface area contributed by atoms with Gasteiger partial charge in [-0.3, -0.25) is 9.69 Å². The van der Waals surface area contributed by atoms with Crippen LogP contribution >= 0.6 is 0 Å². The summed E-state index contributed by atoms with van der Waals surface area (Å²) in [6.45, 7) is 4.90. The maximum atomic E-state index is 12.4. The van der Waals surface area contributed by atoms with Crippen molar-refractivity contribution in [3.63, 3.8) is 0 Å². The van der Waals surface area contributed by atoms with Crippen LogP contribution in [-0.4, -0.2) is 37.1 Å². The molecule has 0 radical (unpaired) electrons. The van der Waals surface area contributed by atoms with E-state index in [1.165, 1.54) is 10.9 Å². The van der Waals surface area contributed by atoms with Crippen LogP contribution in [-0.2, 0) is 22.6 Å². The van der Waals surface area contributed by atoms with Crippen LogP contribution in [0.4, 0.5) is 0 Å². The quantitative estimate of drug-likeness (QED) is 0.651. The molecule has 1 aliphatic heterocycles. The van der Waals surface area contributed by atoms with Crippen LogP contribution in [0.3, 0.4) is 0 Å². The lowest BCUT2D eigenvalue weighted by atomic mass is 10.0. The number of nitrogens with one attached hydrogen (secondary N) is 1. The molecule has 1 fully saturated rings. The topological polar surface area (TPSA) is 41.6 Å². The van der Waals surface area contributed by atoms with Gasteiger partial charge in [0.05, 0.1) is 13.2 Å². The molecule has 1 saturated heterocycles. The highest BCUT2D eigenvalue weighted by atomic mass is 16.5. The Kier molecular flexibility index (Phi) is 6.35. The number of hydrogen-bond donors (Lipinski definition) is 1. The Bertz CT molecular complexity index is 1000. The van der Waals surface area contributed by atoms with Crippen molar-refractivity contribution < 1.29 is 9.53 Å². The Morgan fingerprint density at radius 2 is 1.66 bits per heavy atom. The molecule has 3 aromatic carbocycles. The largest absolute Gasteiger partial charge is 0.379 e. The van der Waals surface area contributed by atoms with Gasteiger partial charge < -0.3 is 10.1 Å². The molecule has 0 unspecified atom stereocenters. The molecule has 0 atom stereocenters. The number of rotatable bonds is 6. The van der Waals surface area contributed by atoms with E-state index < -0.39 is 0 Å². The van der Waals surface area contributed by atoms with Crippen molar-refractivity contribution in [2.24, 2.45) is 0 Å². The molecule has 4 nitrogen and oxygen atoms in total. The van der Waals surface area contributed by atoms with Gasteiger partial charge in [0.2, 0.25) is 5.91 Å². The first-order valence-electron chi connectivity index (χ1n) is 10.1. The van der Waals surface area contributed by atoms with E-state index in [0.717, 1.165) is 49.4 Å². The predicted molar refractivity (Wildman–Crippen MR) is 117 cm³/mol. The summed E-state index contributed by atoms with van der Waals surface area (Å²) < 4.78 is 5.43. The monoisotopic (exact) mass is 386 g/mol. The number of benzene rings is 3. The lowest BCUT2D eigenvalue weighted by molar-refractivity contribution is -0.116. The molecule has 3 aromatic rings. The smallest absolute Gasteiger partial charge is 0.244 e. The average molecular weight is 386 g/mol. The number of amides is 1. The first kappa shape index (κ1) is 19.4. The van der Waals surface area contributed by atoms with E-state index in [2.05, 4.69) is 46.6 Å². The van der Waals surface area contributed by atoms with Gasteiger partial charge in [0.25, 0.3) is 0 Å². The summed E-state index contributed by atoms with van der Waals surface area (Å²) in [5, 5.41) is 5.35. The van der Waals surface area contributed by atoms with Gasteiger partial charge in [0, 0.05) is 32.3 Å². The van der Waals surface area contributed by atoms with Crippen molar-refractivity contribution >= 4 is 22.8 Å². The van der Waals surface area contributed by atoms with Crippen molar-refractivity contribution in [1.82, 2.24) is 10.2 Å². The molecule has 4 rings (SSSR count). The number of carbonyl (C=O) groups is 1. The zero-order valence-electron chi connectivity index (χ0n) is 16.5. The van der Waals surface area contributed by atoms with Crippen LogP contribution in [0.5, 0.6) is 0 Å². The van der Waals surface area contributed by atoms with Gasteiger partial charge in [-0.05, 0) is 33.5 Å². The minimum atomic E-state index is -0.0842. The summed E-state index contributed by atoms with van der Waals surface area (Å²) in [6, 6.07) is 22.6. The van der Waals surface area contributed by atoms with Crippen LogP contribution in [0.15, 0.2) is 72.8 Å². The molecule has 0 spiro atoms. The molecule has 4 heteroatoms. The van der Waals surface area contributed by atoms with Gasteiger partial charge in [-0.25, -0.2) is 0 Å². The van der Waals surface area contributed by atoms with Gasteiger partial charge in [-0.15, -0.1) is 0 Å². The van der Waals surface area contributed by atoms with E-state index in [-0.39, 0.29) is 5.91 Å². The van der Waals surface area contributed by atoms with Gasteiger partial charge in [0.15, 0.2) is 0 Å². The number of ether oxygens (including phenoxy) is 1. The third kappa shape index (κ3) is 5.11. The summed E-state index contributed by atoms with van der Waals surface area (Å²) >= 11 is 0. The number of morpholine rings is 1. The Morgan fingerprint density at radius 1 is 0.931 bits per heavy atom. The SMILES string of the molecule is O=C(C=Cc1cccc2ccccc12)NCc1ccccc1CN1CCOCC1. The molecule has 0 bridgehead atoms. The van der Waals surface area contributed by atoms with Crippen molar-refractivity contribution in [2.45, 2.75) is 13.1 Å². The average Bonchev–Trinajstić information content (AvgIpc) is 2.78. The molecule has 1 amide bonds. The summed E-state index contributed by atoms with van der Waals surface area (Å²) in [7, 11) is 0. The Morgan fingerprint density at radius 3 is 2.52 bits per heavy atom. The maximum absolute atomic E-state index is 12.4. The van der Waals surface area contributed by atoms with Crippen LogP contribution in [0, 0.1) is 0 Å². The molecule has 148 valence electrons. The first-order chi connectivity index (χ1) is 14.3. The van der Waals surface area contributed by atoms with Gasteiger partial charge in [0.1, 0.15) is 0 Å². The Labute approximate surface area is 171 Å². The summed E-state index contributed by atoms with van der Waals surface area (Å²) in [5.74, 6) is -0.0842. The van der Waals surface area contributed by atoms with Crippen molar-refractivity contribution in [1.29, 1.82) is 0 Å². The normalized spacial score (nSPS) is 15.0. The molecule has 1 aliphatic rings. The molecule has 29 heavy (non-hydrogen) atoms. The van der Waals surface area contributed by atoms with E-state index >= 15 is 0 Å². The Balaban J connectivity index is 1.39. The van der Waals surface area contributed by atoms with Crippen molar-refractivity contribution in [2.75, 3.05) is 26.3 Å². The molecule has 1 heterocycles. The highest BCUT2D eigenvalue weighted by molar-refractivity contribution is 5.96. The van der Waals surface area contributed by atoms with Crippen LogP contribution in [0.25, 0.3) is 16.8 Å². The second-order valence-corrected chi connectivity index (χ2v) is 7.28. The highest BCUT2D eigenvalue weighted by Crippen LogP contribution is 2.19. The van der Waals surface area contributed by atoms with Crippen molar-refractivity contribution in [3.8, 4) is 0 Å². The summed E-state index contributed by atoms with van der Waals surface area (Å²) in [6.07, 6.45) is 3.50. The van der Waals surface area contributed by atoms with Crippen molar-refractivity contribution in [3.05, 3.63) is 89.5 Å². The second kappa shape index (κ2) is 9.50. The van der Waals surface area contributed by atoms with Crippen LogP contribution in [0.2, 0.25) is 0 Å². The third-order valence-electron chi connectivity index (χ3n) is 5.31. The van der Waals surface area contributed by atoms with Crippen LogP contribution in [0.1, 0.15) is 16.7 Å². The van der Waals surface area contributed by atoms with E-state index in [1.807, 2.05) is 36.4 Å². The number of nitrogens with zero attached hydrogens (tertiary/aromatic N) is 1. The second-order valence-electron chi connectivity index (χ2n) is 7.28. The van der Waals surface area contributed by atoms with Gasteiger partial charge >= 0.3 is 0 Å². The van der Waals surface area contributed by atoms with Gasteiger partial charge in [-0.1, -0.05) is 66.7 Å². The van der Waals surface area contributed by atoms with E-state index in [4.69, 9.17) is 4.74 Å². The zero-order valence-corrected chi connectivity index (χ0v) is 16.5. The molecule has 1 N–H and O–H groups in total. The fourth-order valence-electron chi connectivity index (χ4n) is 3.69. The number of carbonyl (C=O) groups excluding carboxylic acids is 1. The lowest BCUT2D eigenvalue weighted by Crippen LogP contribution is -2.36. The van der Waals surface area contributed by atoms with Gasteiger partial charge in [-0.2, -0.15) is 0 Å². The summed E-state index contributed by atoms with van der Waals surface area (Å²) in [5.41, 5.74) is 3.46. The molecule has 0 aliphatic carbocycles. The molecule has 0 saturated carbocycles. The number of fused-ring (bicyclic) bond motifs is 1. The standard InChI is InChI=1S/C25H26N2O2/c28-25(13-12-21-10-5-9-20-6-3-4-11-24(20)21)26-18-22-7-1-2-8-23(22)19-27-14-16-29-17-15-27/h1-13H,14-19H2,(H,26,28). The third-order valence-corrected chi connectivity index (χ3v) is 5.31. The minimum Gasteiger partial charge on any atom is -0.379 e. The van der Waals surface area contributed by atoms with E-state index in [0.29, 0.717) is 6.54 Å². The predicted octanol–water partition coefficient (Wildman–Crippen LogP) is 4.00. The van der Waals surface area contributed by atoms with E-state index in [9.17, 15) is 4.79 Å². The lowest BCUT2D eigenvalue weighted by Gasteiger charge is -2.27. The first-order valence-corrected chi connectivity index (χ1v) is 10.1. The maximum Gasteiger partial charge on any atom is 0.244 e. The molecule has 0 aromatic heterocycles.